The SMILES string of the molecule is N#Cc1ncccc1N1CCN(Cc2ncccc2F)CC1. The smallest absolute Gasteiger partial charge is 0.163 e. The maximum Gasteiger partial charge on any atom is 0.163 e. The number of hydrogen-bond acceptors (Lipinski definition) is 5. The Labute approximate surface area is 128 Å². The molecule has 0 N–H and O–H groups in total. The van der Waals surface area contributed by atoms with Gasteiger partial charge in [-0.2, -0.15) is 5.26 Å². The van der Waals surface area contributed by atoms with Gasteiger partial charge in [0.2, 0.25) is 0 Å². The molecular weight excluding hydrogens is 281 g/mol. The molecular formula is C16H16FN5. The molecule has 0 spiro atoms. The predicted molar refractivity (Wildman–Crippen MR) is 80.6 cm³/mol. The van der Waals surface area contributed by atoms with Crippen molar-refractivity contribution in [3.63, 3.8) is 0 Å². The molecule has 2 aromatic heterocycles. The first-order valence-corrected chi connectivity index (χ1v) is 7.20. The molecule has 0 aliphatic carbocycles. The van der Waals surface area contributed by atoms with E-state index in [0.717, 1.165) is 31.9 Å². The van der Waals surface area contributed by atoms with Gasteiger partial charge in [0.05, 0.1) is 11.4 Å². The summed E-state index contributed by atoms with van der Waals surface area (Å²) in [6, 6.07) is 8.92. The number of aromatic nitrogens is 2. The van der Waals surface area contributed by atoms with E-state index in [1.165, 1.54) is 6.07 Å². The van der Waals surface area contributed by atoms with E-state index in [1.807, 2.05) is 12.1 Å². The number of anilines is 1. The van der Waals surface area contributed by atoms with E-state index in [0.29, 0.717) is 17.9 Å². The van der Waals surface area contributed by atoms with Gasteiger partial charge in [-0.1, -0.05) is 0 Å². The van der Waals surface area contributed by atoms with Crippen LogP contribution in [0, 0.1) is 17.1 Å². The highest BCUT2D eigenvalue weighted by atomic mass is 19.1. The number of hydrogen-bond donors (Lipinski definition) is 0. The molecule has 0 unspecified atom stereocenters. The van der Waals surface area contributed by atoms with Gasteiger partial charge in [-0.3, -0.25) is 9.88 Å². The zero-order valence-electron chi connectivity index (χ0n) is 12.1. The molecule has 0 saturated carbocycles. The highest BCUT2D eigenvalue weighted by molar-refractivity contribution is 5.55. The Morgan fingerprint density at radius 3 is 2.55 bits per heavy atom. The van der Waals surface area contributed by atoms with Gasteiger partial charge in [-0.05, 0) is 24.3 Å². The van der Waals surface area contributed by atoms with Gasteiger partial charge in [0.1, 0.15) is 11.9 Å². The third-order valence-electron chi connectivity index (χ3n) is 3.81. The van der Waals surface area contributed by atoms with Crippen LogP contribution in [-0.2, 0) is 6.54 Å². The molecule has 22 heavy (non-hydrogen) atoms. The number of piperazine rings is 1. The molecule has 1 aliphatic rings. The molecule has 0 aromatic carbocycles. The summed E-state index contributed by atoms with van der Waals surface area (Å²) in [5, 5.41) is 9.13. The Morgan fingerprint density at radius 2 is 1.82 bits per heavy atom. The van der Waals surface area contributed by atoms with Crippen LogP contribution in [0.5, 0.6) is 0 Å². The second-order valence-electron chi connectivity index (χ2n) is 5.18. The van der Waals surface area contributed by atoms with Crippen LogP contribution in [0.15, 0.2) is 36.7 Å². The zero-order valence-corrected chi connectivity index (χ0v) is 12.1. The predicted octanol–water partition coefficient (Wildman–Crippen LogP) is 1.81. The first kappa shape index (κ1) is 14.4. The number of halogens is 1. The van der Waals surface area contributed by atoms with E-state index in [9.17, 15) is 4.39 Å². The lowest BCUT2D eigenvalue weighted by Crippen LogP contribution is -2.46. The lowest BCUT2D eigenvalue weighted by Gasteiger charge is -2.36. The van der Waals surface area contributed by atoms with Crippen LogP contribution in [-0.4, -0.2) is 41.0 Å². The maximum absolute atomic E-state index is 13.6. The molecule has 5 nitrogen and oxygen atoms in total. The molecule has 2 aromatic rings. The monoisotopic (exact) mass is 297 g/mol. The molecule has 0 radical (unpaired) electrons. The van der Waals surface area contributed by atoms with Crippen molar-refractivity contribution in [2.75, 3.05) is 31.1 Å². The zero-order chi connectivity index (χ0) is 15.4. The fraction of sp³-hybridized carbons (Fsp3) is 0.312. The normalized spacial score (nSPS) is 15.5. The average Bonchev–Trinajstić information content (AvgIpc) is 2.58. The van der Waals surface area contributed by atoms with Gasteiger partial charge in [0, 0.05) is 45.1 Å². The van der Waals surface area contributed by atoms with Gasteiger partial charge in [-0.15, -0.1) is 0 Å². The van der Waals surface area contributed by atoms with Crippen LogP contribution in [0.3, 0.4) is 0 Å². The summed E-state index contributed by atoms with van der Waals surface area (Å²) in [5.41, 5.74) is 1.80. The lowest BCUT2D eigenvalue weighted by molar-refractivity contribution is 0.243. The van der Waals surface area contributed by atoms with Crippen LogP contribution in [0.1, 0.15) is 11.4 Å². The first-order chi connectivity index (χ1) is 10.8. The Bertz CT molecular complexity index is 689. The first-order valence-electron chi connectivity index (χ1n) is 7.20. The van der Waals surface area contributed by atoms with Crippen molar-refractivity contribution in [3.8, 4) is 6.07 Å². The van der Waals surface area contributed by atoms with Crippen LogP contribution >= 0.6 is 0 Å². The van der Waals surface area contributed by atoms with Crippen LogP contribution < -0.4 is 4.90 Å². The minimum absolute atomic E-state index is 0.260. The van der Waals surface area contributed by atoms with Crippen LogP contribution in [0.25, 0.3) is 0 Å². The standard InChI is InChI=1S/C16H16FN5/c17-13-3-1-5-20-15(13)12-21-7-9-22(10-8-21)16-4-2-6-19-14(16)11-18/h1-6H,7-10,12H2. The van der Waals surface area contributed by atoms with Gasteiger partial charge < -0.3 is 4.90 Å². The largest absolute Gasteiger partial charge is 0.367 e. The summed E-state index contributed by atoms with van der Waals surface area (Å²) in [5.74, 6) is -0.260. The van der Waals surface area contributed by atoms with Gasteiger partial charge in [0.25, 0.3) is 0 Å². The topological polar surface area (TPSA) is 56.1 Å². The van der Waals surface area contributed by atoms with Gasteiger partial charge in [-0.25, -0.2) is 9.37 Å². The van der Waals surface area contributed by atoms with Gasteiger partial charge in [0.15, 0.2) is 5.69 Å². The fourth-order valence-electron chi connectivity index (χ4n) is 2.63. The molecule has 112 valence electrons. The molecule has 1 fully saturated rings. The summed E-state index contributed by atoms with van der Waals surface area (Å²) in [7, 11) is 0. The number of nitriles is 1. The van der Waals surface area contributed by atoms with Crippen LogP contribution in [0.4, 0.5) is 10.1 Å². The Balaban J connectivity index is 1.63. The van der Waals surface area contributed by atoms with E-state index in [2.05, 4.69) is 25.8 Å². The molecule has 3 heterocycles. The number of rotatable bonds is 3. The number of pyridine rings is 2. The summed E-state index contributed by atoms with van der Waals surface area (Å²) in [6.45, 7) is 3.69. The highest BCUT2D eigenvalue weighted by Crippen LogP contribution is 2.20. The van der Waals surface area contributed by atoms with Gasteiger partial charge >= 0.3 is 0 Å². The van der Waals surface area contributed by atoms with Crippen molar-refractivity contribution >= 4 is 5.69 Å². The minimum atomic E-state index is -0.260. The minimum Gasteiger partial charge on any atom is -0.367 e. The van der Waals surface area contributed by atoms with Crippen molar-refractivity contribution in [3.05, 3.63) is 53.9 Å². The second kappa shape index (κ2) is 6.50. The van der Waals surface area contributed by atoms with E-state index >= 15 is 0 Å². The van der Waals surface area contributed by atoms with Crippen molar-refractivity contribution in [2.24, 2.45) is 0 Å². The van der Waals surface area contributed by atoms with E-state index < -0.39 is 0 Å². The maximum atomic E-state index is 13.6. The second-order valence-corrected chi connectivity index (χ2v) is 5.18. The molecule has 0 atom stereocenters. The van der Waals surface area contributed by atoms with Crippen molar-refractivity contribution in [1.29, 1.82) is 5.26 Å². The molecule has 0 amide bonds. The van der Waals surface area contributed by atoms with Crippen molar-refractivity contribution in [2.45, 2.75) is 6.54 Å². The summed E-state index contributed by atoms with van der Waals surface area (Å²) < 4.78 is 13.6. The summed E-state index contributed by atoms with van der Waals surface area (Å²) in [4.78, 5) is 12.5. The highest BCUT2D eigenvalue weighted by Gasteiger charge is 2.20. The molecule has 1 aliphatic heterocycles. The third-order valence-corrected chi connectivity index (χ3v) is 3.81. The Morgan fingerprint density at radius 1 is 1.09 bits per heavy atom. The molecule has 3 rings (SSSR count). The van der Waals surface area contributed by atoms with E-state index in [-0.39, 0.29) is 5.82 Å². The van der Waals surface area contributed by atoms with E-state index in [4.69, 9.17) is 5.26 Å². The Hall–Kier alpha value is -2.52. The van der Waals surface area contributed by atoms with E-state index in [1.54, 1.807) is 18.5 Å². The van der Waals surface area contributed by atoms with Crippen molar-refractivity contribution in [1.82, 2.24) is 14.9 Å². The molecule has 1 saturated heterocycles. The number of nitrogens with zero attached hydrogens (tertiary/aromatic N) is 5. The lowest BCUT2D eigenvalue weighted by atomic mass is 10.2. The fourth-order valence-corrected chi connectivity index (χ4v) is 2.63. The summed E-state index contributed by atoms with van der Waals surface area (Å²) >= 11 is 0. The molecule has 0 bridgehead atoms. The Kier molecular flexibility index (Phi) is 4.26. The van der Waals surface area contributed by atoms with Crippen molar-refractivity contribution < 1.29 is 4.39 Å². The average molecular weight is 297 g/mol. The van der Waals surface area contributed by atoms with Crippen LogP contribution in [0.2, 0.25) is 0 Å². The quantitative estimate of drug-likeness (QED) is 0.865. The summed E-state index contributed by atoms with van der Waals surface area (Å²) in [6.07, 6.45) is 3.24. The third kappa shape index (κ3) is 3.05. The molecule has 6 heteroatoms.